The van der Waals surface area contributed by atoms with Crippen LogP contribution in [0, 0.1) is 19.8 Å². The van der Waals surface area contributed by atoms with Gasteiger partial charge in [-0.2, -0.15) is 0 Å². The fourth-order valence-electron chi connectivity index (χ4n) is 2.70. The number of amides is 1. The van der Waals surface area contributed by atoms with Crippen molar-refractivity contribution in [3.05, 3.63) is 59.7 Å². The minimum absolute atomic E-state index is 0.0436. The second-order valence-electron chi connectivity index (χ2n) is 7.21. The first kappa shape index (κ1) is 21.0. The van der Waals surface area contributed by atoms with Gasteiger partial charge in [-0.05, 0) is 50.5 Å². The first-order chi connectivity index (χ1) is 12.6. The number of anilines is 1. The third kappa shape index (κ3) is 5.10. The molecule has 0 aliphatic heterocycles. The number of carbonyl (C=O) groups excluding carboxylic acids is 1. The highest BCUT2D eigenvalue weighted by Crippen LogP contribution is 2.27. The lowest BCUT2D eigenvalue weighted by Crippen LogP contribution is -2.45. The summed E-state index contributed by atoms with van der Waals surface area (Å²) in [5, 5.41) is 2.89. The standard InChI is InChI=1S/C21H28N2O3S/c1-15(2)18(5)22-21(24)14-23(20-12-11-16(3)13-17(20)4)27(25,26)19-9-7-6-8-10-19/h6-13,15,18H,14H2,1-5H3,(H,22,24)/t18-/m1/s1. The number of sulfonamides is 1. The number of aryl methyl sites for hydroxylation is 2. The molecule has 0 heterocycles. The zero-order chi connectivity index (χ0) is 20.2. The van der Waals surface area contributed by atoms with E-state index in [4.69, 9.17) is 0 Å². The van der Waals surface area contributed by atoms with Crippen LogP contribution in [0.3, 0.4) is 0 Å². The summed E-state index contributed by atoms with van der Waals surface area (Å²) in [5.41, 5.74) is 2.35. The Bertz CT molecular complexity index is 893. The zero-order valence-corrected chi connectivity index (χ0v) is 17.4. The van der Waals surface area contributed by atoms with Crippen LogP contribution in [0.15, 0.2) is 53.4 Å². The second-order valence-corrected chi connectivity index (χ2v) is 9.08. The van der Waals surface area contributed by atoms with Gasteiger partial charge in [0.15, 0.2) is 0 Å². The van der Waals surface area contributed by atoms with E-state index in [2.05, 4.69) is 5.32 Å². The first-order valence-corrected chi connectivity index (χ1v) is 10.5. The van der Waals surface area contributed by atoms with Crippen molar-refractivity contribution in [3.8, 4) is 0 Å². The van der Waals surface area contributed by atoms with E-state index in [-0.39, 0.29) is 29.3 Å². The van der Waals surface area contributed by atoms with Crippen LogP contribution in [0.4, 0.5) is 5.69 Å². The molecule has 0 bridgehead atoms. The van der Waals surface area contributed by atoms with Gasteiger partial charge in [0, 0.05) is 6.04 Å². The lowest BCUT2D eigenvalue weighted by molar-refractivity contribution is -0.120. The van der Waals surface area contributed by atoms with Crippen LogP contribution in [0.1, 0.15) is 31.9 Å². The third-order valence-electron chi connectivity index (χ3n) is 4.63. The average Bonchev–Trinajstić information content (AvgIpc) is 2.60. The Hall–Kier alpha value is -2.34. The summed E-state index contributed by atoms with van der Waals surface area (Å²) in [4.78, 5) is 12.7. The van der Waals surface area contributed by atoms with Crippen molar-refractivity contribution in [1.82, 2.24) is 5.32 Å². The van der Waals surface area contributed by atoms with Gasteiger partial charge in [-0.15, -0.1) is 0 Å². The van der Waals surface area contributed by atoms with Crippen molar-refractivity contribution in [1.29, 1.82) is 0 Å². The minimum atomic E-state index is -3.87. The van der Waals surface area contributed by atoms with Crippen LogP contribution >= 0.6 is 0 Å². The van der Waals surface area contributed by atoms with Crippen molar-refractivity contribution < 1.29 is 13.2 Å². The van der Waals surface area contributed by atoms with E-state index in [0.29, 0.717) is 5.69 Å². The Morgan fingerprint density at radius 1 is 1.04 bits per heavy atom. The molecular weight excluding hydrogens is 360 g/mol. The highest BCUT2D eigenvalue weighted by atomic mass is 32.2. The number of hydrogen-bond donors (Lipinski definition) is 1. The Kier molecular flexibility index (Phi) is 6.65. The number of rotatable bonds is 7. The van der Waals surface area contributed by atoms with Crippen LogP contribution in [0.2, 0.25) is 0 Å². The maximum Gasteiger partial charge on any atom is 0.264 e. The molecule has 6 heteroatoms. The van der Waals surface area contributed by atoms with Gasteiger partial charge in [-0.1, -0.05) is 49.7 Å². The van der Waals surface area contributed by atoms with Gasteiger partial charge < -0.3 is 5.32 Å². The third-order valence-corrected chi connectivity index (χ3v) is 6.40. The molecule has 2 aromatic rings. The van der Waals surface area contributed by atoms with Crippen LogP contribution in [0.5, 0.6) is 0 Å². The maximum atomic E-state index is 13.3. The molecule has 0 saturated heterocycles. The normalized spacial score (nSPS) is 12.7. The Labute approximate surface area is 162 Å². The molecule has 0 spiro atoms. The molecule has 27 heavy (non-hydrogen) atoms. The highest BCUT2D eigenvalue weighted by molar-refractivity contribution is 7.92. The van der Waals surface area contributed by atoms with E-state index in [0.717, 1.165) is 11.1 Å². The molecule has 0 aliphatic carbocycles. The topological polar surface area (TPSA) is 66.5 Å². The van der Waals surface area contributed by atoms with Crippen LogP contribution in [-0.4, -0.2) is 26.9 Å². The maximum absolute atomic E-state index is 13.3. The highest BCUT2D eigenvalue weighted by Gasteiger charge is 2.28. The Balaban J connectivity index is 2.45. The van der Waals surface area contributed by atoms with Gasteiger partial charge in [-0.25, -0.2) is 8.42 Å². The van der Waals surface area contributed by atoms with Crippen LogP contribution in [-0.2, 0) is 14.8 Å². The molecule has 1 amide bonds. The summed E-state index contributed by atoms with van der Waals surface area (Å²) < 4.78 is 27.7. The van der Waals surface area contributed by atoms with Gasteiger partial charge >= 0.3 is 0 Å². The van der Waals surface area contributed by atoms with E-state index in [1.54, 1.807) is 36.4 Å². The van der Waals surface area contributed by atoms with Gasteiger partial charge in [0.25, 0.3) is 10.0 Å². The fourth-order valence-corrected chi connectivity index (χ4v) is 4.21. The second kappa shape index (κ2) is 8.57. The van der Waals surface area contributed by atoms with Crippen LogP contribution < -0.4 is 9.62 Å². The number of benzene rings is 2. The molecule has 2 rings (SSSR count). The minimum Gasteiger partial charge on any atom is -0.352 e. The van der Waals surface area contributed by atoms with E-state index in [1.807, 2.05) is 46.8 Å². The molecule has 0 aliphatic rings. The Morgan fingerprint density at radius 2 is 1.67 bits per heavy atom. The quantitative estimate of drug-likeness (QED) is 0.787. The van der Waals surface area contributed by atoms with Crippen molar-refractivity contribution in [3.63, 3.8) is 0 Å². The largest absolute Gasteiger partial charge is 0.352 e. The fraction of sp³-hybridized carbons (Fsp3) is 0.381. The summed E-state index contributed by atoms with van der Waals surface area (Å²) in [7, 11) is -3.87. The van der Waals surface area contributed by atoms with E-state index in [9.17, 15) is 13.2 Å². The summed E-state index contributed by atoms with van der Waals surface area (Å²) in [6.07, 6.45) is 0. The van der Waals surface area contributed by atoms with Crippen molar-refractivity contribution in [2.75, 3.05) is 10.8 Å². The molecule has 146 valence electrons. The molecule has 0 saturated carbocycles. The summed E-state index contributed by atoms with van der Waals surface area (Å²) in [5.74, 6) is -0.0649. The lowest BCUT2D eigenvalue weighted by Gasteiger charge is -2.27. The van der Waals surface area contributed by atoms with E-state index < -0.39 is 10.0 Å². The summed E-state index contributed by atoms with van der Waals surface area (Å²) >= 11 is 0. The monoisotopic (exact) mass is 388 g/mol. The summed E-state index contributed by atoms with van der Waals surface area (Å²) in [6.45, 7) is 9.46. The molecule has 2 aromatic carbocycles. The van der Waals surface area contributed by atoms with Crippen molar-refractivity contribution in [2.24, 2.45) is 5.92 Å². The first-order valence-electron chi connectivity index (χ1n) is 9.07. The summed E-state index contributed by atoms with van der Waals surface area (Å²) in [6, 6.07) is 13.7. The zero-order valence-electron chi connectivity index (χ0n) is 16.6. The molecule has 1 atom stereocenters. The van der Waals surface area contributed by atoms with Gasteiger partial charge in [0.1, 0.15) is 6.54 Å². The molecule has 0 aromatic heterocycles. The van der Waals surface area contributed by atoms with Gasteiger partial charge in [-0.3, -0.25) is 9.10 Å². The molecule has 1 N–H and O–H groups in total. The lowest BCUT2D eigenvalue weighted by atomic mass is 10.1. The molecule has 0 fully saturated rings. The Morgan fingerprint density at radius 3 is 2.22 bits per heavy atom. The van der Waals surface area contributed by atoms with Gasteiger partial charge in [0.2, 0.25) is 5.91 Å². The number of nitrogens with zero attached hydrogens (tertiary/aromatic N) is 1. The molecule has 0 unspecified atom stereocenters. The predicted molar refractivity (Wildman–Crippen MR) is 109 cm³/mol. The number of nitrogens with one attached hydrogen (secondary N) is 1. The molecule has 5 nitrogen and oxygen atoms in total. The van der Waals surface area contributed by atoms with Gasteiger partial charge in [0.05, 0.1) is 10.6 Å². The van der Waals surface area contributed by atoms with E-state index >= 15 is 0 Å². The molecular formula is C21H28N2O3S. The average molecular weight is 389 g/mol. The SMILES string of the molecule is Cc1ccc(N(CC(=O)N[C@H](C)C(C)C)S(=O)(=O)c2ccccc2)c(C)c1. The predicted octanol–water partition coefficient (Wildman–Crippen LogP) is 3.66. The van der Waals surface area contributed by atoms with E-state index in [1.165, 1.54) is 4.31 Å². The smallest absolute Gasteiger partial charge is 0.264 e. The van der Waals surface area contributed by atoms with Crippen molar-refractivity contribution in [2.45, 2.75) is 45.6 Å². The number of hydrogen-bond acceptors (Lipinski definition) is 3. The van der Waals surface area contributed by atoms with Crippen molar-refractivity contribution >= 4 is 21.6 Å². The number of carbonyl (C=O) groups is 1. The molecule has 0 radical (unpaired) electrons. The van der Waals surface area contributed by atoms with Crippen LogP contribution in [0.25, 0.3) is 0 Å².